The molecule has 0 atom stereocenters. The van der Waals surface area contributed by atoms with Gasteiger partial charge in [-0.3, -0.25) is 0 Å². The highest BCUT2D eigenvalue weighted by Crippen LogP contribution is 2.32. The summed E-state index contributed by atoms with van der Waals surface area (Å²) in [7, 11) is -7.38. The van der Waals surface area contributed by atoms with E-state index in [1.165, 1.54) is 72.8 Å². The highest BCUT2D eigenvalue weighted by molar-refractivity contribution is 7.91. The fraction of sp³-hybridized carbons (Fsp3) is 0. The molecule has 0 fully saturated rings. The second kappa shape index (κ2) is 12.0. The highest BCUT2D eigenvalue weighted by Gasteiger charge is 2.19. The fourth-order valence-electron chi connectivity index (χ4n) is 4.48. The third-order valence-corrected chi connectivity index (χ3v) is 10.8. The Morgan fingerprint density at radius 3 is 1.00 bits per heavy atom. The molecule has 0 aromatic heterocycles. The van der Waals surface area contributed by atoms with E-state index in [-0.39, 0.29) is 19.6 Å². The summed E-state index contributed by atoms with van der Waals surface area (Å²) in [4.78, 5) is 0.593. The topological polar surface area (TPSA) is 86.7 Å². The number of halogens is 2. The van der Waals surface area contributed by atoms with Crippen molar-refractivity contribution < 1.29 is 26.3 Å². The van der Waals surface area contributed by atoms with Crippen LogP contribution >= 0.6 is 23.2 Å². The van der Waals surface area contributed by atoms with Crippen LogP contribution in [0.3, 0.4) is 0 Å². The molecule has 6 aromatic rings. The maximum Gasteiger partial charge on any atom is 0.206 e. The molecule has 44 heavy (non-hydrogen) atoms. The van der Waals surface area contributed by atoms with Gasteiger partial charge in [-0.2, -0.15) is 0 Å². The predicted molar refractivity (Wildman–Crippen MR) is 171 cm³/mol. The van der Waals surface area contributed by atoms with E-state index in [1.54, 1.807) is 24.3 Å². The van der Waals surface area contributed by atoms with Crippen LogP contribution in [0.25, 0.3) is 10.8 Å². The SMILES string of the molecule is O=S(=O)(c1ccc(Cl)cc1)c1ccc(Oc2ccc3ccc(Oc4ccc(S(=O)(=O)c5ccc(Cl)cc5)cc4)cc3c2)cc1. The van der Waals surface area contributed by atoms with Crippen molar-refractivity contribution in [2.45, 2.75) is 19.6 Å². The Kier molecular flexibility index (Phi) is 8.09. The average molecular weight is 662 g/mol. The van der Waals surface area contributed by atoms with Crippen molar-refractivity contribution >= 4 is 53.6 Å². The van der Waals surface area contributed by atoms with Gasteiger partial charge in [-0.1, -0.05) is 35.3 Å². The summed E-state index contributed by atoms with van der Waals surface area (Å²) in [5, 5.41) is 2.72. The number of sulfone groups is 2. The van der Waals surface area contributed by atoms with E-state index in [0.29, 0.717) is 33.0 Å². The molecule has 0 aliphatic carbocycles. The Balaban J connectivity index is 1.17. The first-order valence-corrected chi connectivity index (χ1v) is 16.9. The van der Waals surface area contributed by atoms with E-state index in [4.69, 9.17) is 32.7 Å². The lowest BCUT2D eigenvalue weighted by molar-refractivity contribution is 0.481. The number of hydrogen-bond acceptors (Lipinski definition) is 6. The summed E-state index contributed by atoms with van der Waals surface area (Å²) in [6.45, 7) is 0. The molecule has 0 bridgehead atoms. The number of hydrogen-bond donors (Lipinski definition) is 0. The van der Waals surface area contributed by atoms with Crippen LogP contribution in [0.1, 0.15) is 0 Å². The molecular weight excluding hydrogens is 639 g/mol. The molecular formula is C34H22Cl2O6S2. The zero-order chi connectivity index (χ0) is 30.9. The first kappa shape index (κ1) is 29.7. The Hall–Kier alpha value is -4.34. The van der Waals surface area contributed by atoms with Crippen LogP contribution < -0.4 is 9.47 Å². The van der Waals surface area contributed by atoms with Crippen LogP contribution in [-0.4, -0.2) is 16.8 Å². The zero-order valence-corrected chi connectivity index (χ0v) is 25.9. The summed E-state index contributed by atoms with van der Waals surface area (Å²) in [6.07, 6.45) is 0. The van der Waals surface area contributed by atoms with Gasteiger partial charge < -0.3 is 9.47 Å². The first-order valence-electron chi connectivity index (χ1n) is 13.2. The molecule has 10 heteroatoms. The quantitative estimate of drug-likeness (QED) is 0.162. The van der Waals surface area contributed by atoms with Gasteiger partial charge in [0, 0.05) is 10.0 Å². The molecule has 0 amide bonds. The van der Waals surface area contributed by atoms with Crippen LogP contribution in [0.15, 0.2) is 153 Å². The molecule has 0 spiro atoms. The van der Waals surface area contributed by atoms with Crippen LogP contribution in [0.2, 0.25) is 10.0 Å². The van der Waals surface area contributed by atoms with Gasteiger partial charge in [0.15, 0.2) is 0 Å². The summed E-state index contributed by atoms with van der Waals surface area (Å²) in [5.74, 6) is 2.06. The smallest absolute Gasteiger partial charge is 0.206 e. The van der Waals surface area contributed by atoms with Crippen molar-refractivity contribution in [1.29, 1.82) is 0 Å². The van der Waals surface area contributed by atoms with Crippen molar-refractivity contribution in [2.24, 2.45) is 0 Å². The van der Waals surface area contributed by atoms with Gasteiger partial charge in [0.1, 0.15) is 23.0 Å². The minimum Gasteiger partial charge on any atom is -0.457 e. The van der Waals surface area contributed by atoms with E-state index >= 15 is 0 Å². The standard InChI is InChI=1S/C34H22Cl2O6S2/c35-25-3-13-31(14-4-25)43(37,38)33-17-9-27(10-18-33)41-29-7-1-23-2-8-30(22-24(23)21-29)42-28-11-19-34(20-12-28)44(39,40)32-15-5-26(36)6-16-32/h1-22H. The number of benzene rings is 6. The number of ether oxygens (including phenoxy) is 2. The van der Waals surface area contributed by atoms with Gasteiger partial charge in [-0.15, -0.1) is 0 Å². The van der Waals surface area contributed by atoms with Gasteiger partial charge >= 0.3 is 0 Å². The third-order valence-electron chi connectivity index (χ3n) is 6.77. The zero-order valence-electron chi connectivity index (χ0n) is 22.7. The molecule has 0 radical (unpaired) electrons. The molecule has 6 aromatic carbocycles. The van der Waals surface area contributed by atoms with Crippen molar-refractivity contribution in [3.8, 4) is 23.0 Å². The Morgan fingerprint density at radius 2 is 0.659 bits per heavy atom. The third kappa shape index (κ3) is 6.30. The maximum atomic E-state index is 12.9. The van der Waals surface area contributed by atoms with E-state index in [2.05, 4.69) is 0 Å². The minimum absolute atomic E-state index is 0.142. The number of fused-ring (bicyclic) bond motifs is 1. The van der Waals surface area contributed by atoms with Gasteiger partial charge in [0.25, 0.3) is 0 Å². The molecule has 0 aliphatic rings. The summed E-state index contributed by atoms with van der Waals surface area (Å²) < 4.78 is 63.7. The molecule has 0 aliphatic heterocycles. The molecule has 0 saturated heterocycles. The Bertz CT molecular complexity index is 2030. The fourth-order valence-corrected chi connectivity index (χ4v) is 7.25. The minimum atomic E-state index is -3.69. The molecule has 0 N–H and O–H groups in total. The Labute approximate surface area is 264 Å². The van der Waals surface area contributed by atoms with Gasteiger partial charge in [-0.25, -0.2) is 16.8 Å². The maximum absolute atomic E-state index is 12.9. The first-order chi connectivity index (χ1) is 21.1. The second-order valence-corrected chi connectivity index (χ2v) is 14.5. The highest BCUT2D eigenvalue weighted by atomic mass is 35.5. The predicted octanol–water partition coefficient (Wildman–Crippen LogP) is 9.40. The molecule has 0 unspecified atom stereocenters. The monoisotopic (exact) mass is 660 g/mol. The lowest BCUT2D eigenvalue weighted by Crippen LogP contribution is -2.01. The van der Waals surface area contributed by atoms with Crippen LogP contribution in [0.4, 0.5) is 0 Å². The molecule has 220 valence electrons. The second-order valence-electron chi connectivity index (χ2n) is 9.73. The van der Waals surface area contributed by atoms with E-state index in [1.807, 2.05) is 36.4 Å². The molecule has 6 rings (SSSR count). The van der Waals surface area contributed by atoms with Crippen LogP contribution in [0.5, 0.6) is 23.0 Å². The average Bonchev–Trinajstić information content (AvgIpc) is 3.02. The largest absolute Gasteiger partial charge is 0.457 e. The summed E-state index contributed by atoms with van der Waals surface area (Å²) in [6, 6.07) is 35.6. The van der Waals surface area contributed by atoms with Gasteiger partial charge in [0.2, 0.25) is 19.7 Å². The Morgan fingerprint density at radius 1 is 0.364 bits per heavy atom. The van der Waals surface area contributed by atoms with Crippen LogP contribution in [0, 0.1) is 0 Å². The van der Waals surface area contributed by atoms with E-state index in [9.17, 15) is 16.8 Å². The van der Waals surface area contributed by atoms with Crippen molar-refractivity contribution in [3.63, 3.8) is 0 Å². The van der Waals surface area contributed by atoms with Crippen molar-refractivity contribution in [1.82, 2.24) is 0 Å². The van der Waals surface area contributed by atoms with Gasteiger partial charge in [0.05, 0.1) is 19.6 Å². The molecule has 6 nitrogen and oxygen atoms in total. The normalized spacial score (nSPS) is 11.8. The van der Waals surface area contributed by atoms with E-state index < -0.39 is 19.7 Å². The molecule has 0 heterocycles. The number of rotatable bonds is 8. The molecule has 0 saturated carbocycles. The van der Waals surface area contributed by atoms with Crippen molar-refractivity contribution in [2.75, 3.05) is 0 Å². The van der Waals surface area contributed by atoms with Crippen LogP contribution in [-0.2, 0) is 19.7 Å². The summed E-state index contributed by atoms with van der Waals surface area (Å²) >= 11 is 11.8. The van der Waals surface area contributed by atoms with Crippen molar-refractivity contribution in [3.05, 3.63) is 144 Å². The summed E-state index contributed by atoms with van der Waals surface area (Å²) in [5.41, 5.74) is 0. The van der Waals surface area contributed by atoms with E-state index in [0.717, 1.165) is 10.8 Å². The van der Waals surface area contributed by atoms with Gasteiger partial charge in [-0.05, 0) is 132 Å². The lowest BCUT2D eigenvalue weighted by Gasteiger charge is -2.11. The lowest BCUT2D eigenvalue weighted by atomic mass is 10.1.